The highest BCUT2D eigenvalue weighted by Crippen LogP contribution is 2.24. The highest BCUT2D eigenvalue weighted by Gasteiger charge is 2.20. The smallest absolute Gasteiger partial charge is 0.257 e. The molecule has 0 atom stereocenters. The van der Waals surface area contributed by atoms with Gasteiger partial charge in [-0.25, -0.2) is 0 Å². The van der Waals surface area contributed by atoms with Crippen molar-refractivity contribution in [1.82, 2.24) is 4.90 Å². The number of carbonyl (C=O) groups excluding carboxylic acids is 2. The van der Waals surface area contributed by atoms with Crippen molar-refractivity contribution in [2.75, 3.05) is 26.0 Å². The fourth-order valence-corrected chi connectivity index (χ4v) is 3.07. The average molecular weight is 375 g/mol. The maximum absolute atomic E-state index is 12.7. The zero-order chi connectivity index (χ0) is 19.4. The fraction of sp³-hybridized carbons (Fsp3) is 0.300. The van der Waals surface area contributed by atoms with Crippen LogP contribution in [0.5, 0.6) is 5.75 Å². The first-order valence-corrected chi connectivity index (χ1v) is 8.57. The Morgan fingerprint density at radius 3 is 2.31 bits per heavy atom. The third-order valence-corrected chi connectivity index (χ3v) is 4.30. The van der Waals surface area contributed by atoms with Crippen LogP contribution in [0.25, 0.3) is 0 Å². The molecule has 0 fully saturated rings. The van der Waals surface area contributed by atoms with Crippen LogP contribution in [0.3, 0.4) is 0 Å². The summed E-state index contributed by atoms with van der Waals surface area (Å²) in [7, 11) is 3.05. The second-order valence-electron chi connectivity index (χ2n) is 6.33. The number of ether oxygens (including phenoxy) is 1. The van der Waals surface area contributed by atoms with E-state index < -0.39 is 0 Å². The Morgan fingerprint density at radius 2 is 1.73 bits per heavy atom. The Kier molecular flexibility index (Phi) is 6.27. The number of hydrogen-bond donors (Lipinski definition) is 1. The van der Waals surface area contributed by atoms with Crippen molar-refractivity contribution in [1.29, 1.82) is 0 Å². The van der Waals surface area contributed by atoms with Gasteiger partial charge in [0.15, 0.2) is 0 Å². The summed E-state index contributed by atoms with van der Waals surface area (Å²) in [6.45, 7) is 5.82. The molecule has 6 heteroatoms. The van der Waals surface area contributed by atoms with Gasteiger partial charge in [0.05, 0.1) is 19.2 Å². The van der Waals surface area contributed by atoms with Crippen LogP contribution in [-0.2, 0) is 4.79 Å². The molecule has 1 N–H and O–H groups in total. The quantitative estimate of drug-likeness (QED) is 0.861. The molecule has 0 aromatic heterocycles. The van der Waals surface area contributed by atoms with Gasteiger partial charge in [0.1, 0.15) is 5.75 Å². The molecule has 138 valence electrons. The molecule has 2 rings (SSSR count). The molecule has 0 aliphatic heterocycles. The van der Waals surface area contributed by atoms with Gasteiger partial charge in [0.2, 0.25) is 5.91 Å². The lowest BCUT2D eigenvalue weighted by molar-refractivity contribution is -0.116. The first-order valence-electron chi connectivity index (χ1n) is 8.19. The molecule has 0 bridgehead atoms. The van der Waals surface area contributed by atoms with Gasteiger partial charge in [-0.15, -0.1) is 0 Å². The van der Waals surface area contributed by atoms with Crippen LogP contribution in [-0.4, -0.2) is 37.4 Å². The van der Waals surface area contributed by atoms with Crippen LogP contribution in [0.15, 0.2) is 30.3 Å². The SMILES string of the molecule is COc1ccc(Cl)cc1C(=O)N(C)CC(=O)Nc1c(C)cc(C)cc1C. The Hall–Kier alpha value is -2.53. The highest BCUT2D eigenvalue weighted by molar-refractivity contribution is 6.31. The van der Waals surface area contributed by atoms with Crippen molar-refractivity contribution in [3.05, 3.63) is 57.6 Å². The molecular weight excluding hydrogens is 352 g/mol. The summed E-state index contributed by atoms with van der Waals surface area (Å²) in [5, 5.41) is 3.32. The summed E-state index contributed by atoms with van der Waals surface area (Å²) in [5.74, 6) is -0.189. The molecule has 0 unspecified atom stereocenters. The predicted molar refractivity (Wildman–Crippen MR) is 104 cm³/mol. The number of likely N-dealkylation sites (N-methyl/N-ethyl adjacent to an activating group) is 1. The van der Waals surface area contributed by atoms with Gasteiger partial charge in [-0.2, -0.15) is 0 Å². The van der Waals surface area contributed by atoms with E-state index in [1.54, 1.807) is 19.2 Å². The predicted octanol–water partition coefficient (Wildman–Crippen LogP) is 3.98. The number of benzene rings is 2. The fourth-order valence-electron chi connectivity index (χ4n) is 2.90. The standard InChI is InChI=1S/C20H23ClN2O3/c1-12-8-13(2)19(14(3)9-12)22-18(24)11-23(4)20(25)16-10-15(21)6-7-17(16)26-5/h6-10H,11H2,1-5H3,(H,22,24). The van der Waals surface area contributed by atoms with E-state index in [1.807, 2.05) is 32.9 Å². The van der Waals surface area contributed by atoms with Gasteiger partial charge in [0, 0.05) is 17.8 Å². The second-order valence-corrected chi connectivity index (χ2v) is 6.76. The van der Waals surface area contributed by atoms with Crippen molar-refractivity contribution in [2.24, 2.45) is 0 Å². The molecule has 5 nitrogen and oxygen atoms in total. The average Bonchev–Trinajstić information content (AvgIpc) is 2.57. The molecule has 0 heterocycles. The normalized spacial score (nSPS) is 10.4. The van der Waals surface area contributed by atoms with Crippen LogP contribution in [0.1, 0.15) is 27.0 Å². The van der Waals surface area contributed by atoms with Crippen molar-refractivity contribution < 1.29 is 14.3 Å². The van der Waals surface area contributed by atoms with Crippen molar-refractivity contribution in [3.8, 4) is 5.75 Å². The number of rotatable bonds is 5. The van der Waals surface area contributed by atoms with Gasteiger partial charge in [0.25, 0.3) is 5.91 Å². The number of anilines is 1. The lowest BCUT2D eigenvalue weighted by atomic mass is 10.1. The summed E-state index contributed by atoms with van der Waals surface area (Å²) < 4.78 is 5.21. The number of amides is 2. The maximum atomic E-state index is 12.7. The Morgan fingerprint density at radius 1 is 1.12 bits per heavy atom. The van der Waals surface area contributed by atoms with Crippen molar-refractivity contribution in [3.63, 3.8) is 0 Å². The molecule has 0 saturated heterocycles. The summed E-state index contributed by atoms with van der Waals surface area (Å²) in [6, 6.07) is 8.82. The minimum absolute atomic E-state index is 0.0821. The minimum atomic E-state index is -0.336. The maximum Gasteiger partial charge on any atom is 0.257 e. The Labute approximate surface area is 158 Å². The topological polar surface area (TPSA) is 58.6 Å². The third kappa shape index (κ3) is 4.55. The number of hydrogen-bond acceptors (Lipinski definition) is 3. The molecule has 0 aliphatic rings. The van der Waals surface area contributed by atoms with Crippen LogP contribution < -0.4 is 10.1 Å². The molecular formula is C20H23ClN2O3. The first-order chi connectivity index (χ1) is 12.2. The molecule has 0 aliphatic carbocycles. The number of halogens is 1. The minimum Gasteiger partial charge on any atom is -0.496 e. The van der Waals surface area contributed by atoms with Crippen LogP contribution in [0, 0.1) is 20.8 Å². The number of nitrogens with one attached hydrogen (secondary N) is 1. The summed E-state index contributed by atoms with van der Waals surface area (Å²) in [6.07, 6.45) is 0. The van der Waals surface area contributed by atoms with Gasteiger partial charge in [-0.3, -0.25) is 9.59 Å². The van der Waals surface area contributed by atoms with Crippen LogP contribution in [0.4, 0.5) is 5.69 Å². The van der Waals surface area contributed by atoms with E-state index in [9.17, 15) is 9.59 Å². The summed E-state index contributed by atoms with van der Waals surface area (Å²) >= 11 is 5.98. The van der Waals surface area contributed by atoms with Gasteiger partial charge in [-0.05, 0) is 50.1 Å². The van der Waals surface area contributed by atoms with E-state index in [1.165, 1.54) is 18.1 Å². The van der Waals surface area contributed by atoms with E-state index in [0.29, 0.717) is 16.3 Å². The molecule has 0 saturated carbocycles. The van der Waals surface area contributed by atoms with E-state index in [4.69, 9.17) is 16.3 Å². The number of methoxy groups -OCH3 is 1. The van der Waals surface area contributed by atoms with Gasteiger partial charge < -0.3 is 15.0 Å². The summed E-state index contributed by atoms with van der Waals surface area (Å²) in [4.78, 5) is 26.4. The van der Waals surface area contributed by atoms with Gasteiger partial charge >= 0.3 is 0 Å². The van der Waals surface area contributed by atoms with Gasteiger partial charge in [-0.1, -0.05) is 29.3 Å². The van der Waals surface area contributed by atoms with Crippen molar-refractivity contribution in [2.45, 2.75) is 20.8 Å². The molecule has 2 aromatic rings. The zero-order valence-corrected chi connectivity index (χ0v) is 16.4. The Bertz CT molecular complexity index is 826. The zero-order valence-electron chi connectivity index (χ0n) is 15.6. The van der Waals surface area contributed by atoms with Crippen LogP contribution in [0.2, 0.25) is 5.02 Å². The number of carbonyl (C=O) groups is 2. The van der Waals surface area contributed by atoms with E-state index >= 15 is 0 Å². The van der Waals surface area contributed by atoms with E-state index in [-0.39, 0.29) is 18.4 Å². The lowest BCUT2D eigenvalue weighted by Crippen LogP contribution is -2.35. The summed E-state index contributed by atoms with van der Waals surface area (Å²) in [5.41, 5.74) is 4.21. The van der Waals surface area contributed by atoms with Crippen LogP contribution >= 0.6 is 11.6 Å². The third-order valence-electron chi connectivity index (χ3n) is 4.06. The van der Waals surface area contributed by atoms with Crippen molar-refractivity contribution >= 4 is 29.1 Å². The monoisotopic (exact) mass is 374 g/mol. The van der Waals surface area contributed by atoms with E-state index in [2.05, 4.69) is 5.32 Å². The highest BCUT2D eigenvalue weighted by atomic mass is 35.5. The molecule has 26 heavy (non-hydrogen) atoms. The number of aryl methyl sites for hydroxylation is 3. The largest absolute Gasteiger partial charge is 0.496 e. The number of nitrogens with zero attached hydrogens (tertiary/aromatic N) is 1. The molecule has 0 spiro atoms. The Balaban J connectivity index is 2.12. The second kappa shape index (κ2) is 8.23. The first kappa shape index (κ1) is 19.8. The molecule has 2 aromatic carbocycles. The lowest BCUT2D eigenvalue weighted by Gasteiger charge is -2.19. The molecule has 2 amide bonds. The van der Waals surface area contributed by atoms with E-state index in [0.717, 1.165) is 22.4 Å². The molecule has 0 radical (unpaired) electrons.